The van der Waals surface area contributed by atoms with Gasteiger partial charge in [0.25, 0.3) is 11.8 Å². The number of carbonyl (C=O) groups excluding carboxylic acids is 3. The summed E-state index contributed by atoms with van der Waals surface area (Å²) < 4.78 is 16.7. The number of hydrogen-bond acceptors (Lipinski definition) is 6. The highest BCUT2D eigenvalue weighted by Crippen LogP contribution is 2.38. The van der Waals surface area contributed by atoms with Crippen molar-refractivity contribution in [2.75, 3.05) is 32.7 Å². The Morgan fingerprint density at radius 2 is 1.70 bits per heavy atom. The van der Waals surface area contributed by atoms with Gasteiger partial charge in [-0.15, -0.1) is 0 Å². The molecule has 3 amide bonds. The molecule has 0 aliphatic rings. The van der Waals surface area contributed by atoms with Gasteiger partial charge in [-0.1, -0.05) is 15.9 Å². The smallest absolute Gasteiger partial charge is 0.255 e. The lowest BCUT2D eigenvalue weighted by molar-refractivity contribution is -0.120. The first-order valence-corrected chi connectivity index (χ1v) is 9.55. The van der Waals surface area contributed by atoms with Crippen molar-refractivity contribution in [1.29, 1.82) is 0 Å². The number of rotatable bonds is 9. The number of carbonyl (C=O) groups is 3. The first-order valence-electron chi connectivity index (χ1n) is 8.76. The molecule has 0 heterocycles. The third-order valence-corrected chi connectivity index (χ3v) is 4.82. The van der Waals surface area contributed by atoms with Crippen LogP contribution in [0.4, 0.5) is 5.69 Å². The first kappa shape index (κ1) is 23.0. The molecule has 0 aliphatic heterocycles. The molecule has 0 unspecified atom stereocenters. The van der Waals surface area contributed by atoms with E-state index in [1.165, 1.54) is 26.4 Å². The number of halogens is 1. The van der Waals surface area contributed by atoms with Crippen LogP contribution in [-0.2, 0) is 9.59 Å². The third kappa shape index (κ3) is 6.11. The molecule has 9 nitrogen and oxygen atoms in total. The summed E-state index contributed by atoms with van der Waals surface area (Å²) in [6, 6.07) is 8.19. The van der Waals surface area contributed by atoms with Crippen LogP contribution in [0, 0.1) is 6.92 Å². The lowest BCUT2D eigenvalue weighted by atomic mass is 10.1. The molecule has 160 valence electrons. The minimum absolute atomic E-state index is 0.138. The van der Waals surface area contributed by atoms with E-state index in [1.54, 1.807) is 6.07 Å². The average Bonchev–Trinajstić information content (AvgIpc) is 2.72. The highest BCUT2D eigenvalue weighted by atomic mass is 79.9. The molecule has 4 N–H and O–H groups in total. The van der Waals surface area contributed by atoms with Crippen LogP contribution in [-0.4, -0.2) is 45.1 Å². The van der Waals surface area contributed by atoms with Crippen LogP contribution in [0.2, 0.25) is 0 Å². The van der Waals surface area contributed by atoms with Crippen molar-refractivity contribution in [1.82, 2.24) is 5.32 Å². The number of amides is 3. The number of anilines is 1. The zero-order valence-corrected chi connectivity index (χ0v) is 18.3. The Hall–Kier alpha value is -3.27. The molecule has 0 saturated heterocycles. The highest BCUT2D eigenvalue weighted by Gasteiger charge is 2.19. The van der Waals surface area contributed by atoms with E-state index in [0.717, 1.165) is 10.0 Å². The van der Waals surface area contributed by atoms with Crippen LogP contribution >= 0.6 is 15.9 Å². The zero-order chi connectivity index (χ0) is 22.3. The van der Waals surface area contributed by atoms with E-state index < -0.39 is 11.8 Å². The number of hydrogen-bond donors (Lipinski definition) is 3. The molecule has 0 bridgehead atoms. The topological polar surface area (TPSA) is 129 Å². The molecule has 0 saturated carbocycles. The number of nitrogens with one attached hydrogen (secondary N) is 2. The van der Waals surface area contributed by atoms with Crippen LogP contribution in [0.25, 0.3) is 0 Å². The number of ether oxygens (including phenoxy) is 3. The Morgan fingerprint density at radius 1 is 1.07 bits per heavy atom. The standard InChI is InChI=1S/C20H22BrN3O6/c1-11-6-13(4-5-14(11)21)24-18(26)9-23-20(27)12-7-15(28-2)19(16(8-12)29-3)30-10-17(22)25/h4-8H,9-10H2,1-3H3,(H2,22,25)(H,23,27)(H,24,26). The summed E-state index contributed by atoms with van der Waals surface area (Å²) in [6.07, 6.45) is 0. The van der Waals surface area contributed by atoms with Gasteiger partial charge in [0.05, 0.1) is 20.8 Å². The summed E-state index contributed by atoms with van der Waals surface area (Å²) in [5.74, 6) is -1.08. The molecule has 0 fully saturated rings. The quantitative estimate of drug-likeness (QED) is 0.504. The van der Waals surface area contributed by atoms with Gasteiger partial charge in [-0.2, -0.15) is 0 Å². The van der Waals surface area contributed by atoms with E-state index in [4.69, 9.17) is 19.9 Å². The lowest BCUT2D eigenvalue weighted by Gasteiger charge is -2.15. The third-order valence-electron chi connectivity index (χ3n) is 3.93. The number of nitrogens with two attached hydrogens (primary N) is 1. The van der Waals surface area contributed by atoms with Crippen molar-refractivity contribution in [2.24, 2.45) is 5.73 Å². The molecule has 0 spiro atoms. The molecule has 0 atom stereocenters. The van der Waals surface area contributed by atoms with Gasteiger partial charge in [-0.05, 0) is 42.8 Å². The summed E-state index contributed by atoms with van der Waals surface area (Å²) in [6.45, 7) is 1.28. The molecule has 0 aromatic heterocycles. The maximum atomic E-state index is 12.5. The fourth-order valence-electron chi connectivity index (χ4n) is 2.49. The maximum absolute atomic E-state index is 12.5. The summed E-state index contributed by atoms with van der Waals surface area (Å²) in [5, 5.41) is 5.24. The zero-order valence-electron chi connectivity index (χ0n) is 16.7. The summed E-state index contributed by atoms with van der Waals surface area (Å²) >= 11 is 3.39. The summed E-state index contributed by atoms with van der Waals surface area (Å²) in [7, 11) is 2.75. The summed E-state index contributed by atoms with van der Waals surface area (Å²) in [4.78, 5) is 35.6. The van der Waals surface area contributed by atoms with Crippen molar-refractivity contribution in [3.05, 3.63) is 45.9 Å². The largest absolute Gasteiger partial charge is 0.493 e. The molecule has 0 aliphatic carbocycles. The van der Waals surface area contributed by atoms with Crippen molar-refractivity contribution in [3.63, 3.8) is 0 Å². The number of aryl methyl sites for hydroxylation is 1. The van der Waals surface area contributed by atoms with E-state index in [0.29, 0.717) is 5.69 Å². The molecule has 10 heteroatoms. The SMILES string of the molecule is COc1cc(C(=O)NCC(=O)Nc2ccc(Br)c(C)c2)cc(OC)c1OCC(N)=O. The van der Waals surface area contributed by atoms with E-state index in [1.807, 2.05) is 19.1 Å². The predicted octanol–water partition coefficient (Wildman–Crippen LogP) is 2.01. The van der Waals surface area contributed by atoms with E-state index in [-0.39, 0.29) is 41.9 Å². The van der Waals surface area contributed by atoms with Gasteiger partial charge in [0.15, 0.2) is 18.1 Å². The molecule has 0 radical (unpaired) electrons. The van der Waals surface area contributed by atoms with Crippen LogP contribution in [0.1, 0.15) is 15.9 Å². The monoisotopic (exact) mass is 479 g/mol. The fraction of sp³-hybridized carbons (Fsp3) is 0.250. The van der Waals surface area contributed by atoms with Gasteiger partial charge in [-0.25, -0.2) is 0 Å². The highest BCUT2D eigenvalue weighted by molar-refractivity contribution is 9.10. The van der Waals surface area contributed by atoms with Crippen molar-refractivity contribution < 1.29 is 28.6 Å². The molecular weight excluding hydrogens is 458 g/mol. The van der Waals surface area contributed by atoms with Gasteiger partial charge in [0, 0.05) is 15.7 Å². The molecule has 30 heavy (non-hydrogen) atoms. The molecule has 2 aromatic carbocycles. The minimum Gasteiger partial charge on any atom is -0.493 e. The number of methoxy groups -OCH3 is 2. The first-order chi connectivity index (χ1) is 14.2. The second kappa shape index (κ2) is 10.5. The molecule has 2 rings (SSSR count). The maximum Gasteiger partial charge on any atom is 0.255 e. The number of benzene rings is 2. The summed E-state index contributed by atoms with van der Waals surface area (Å²) in [5.41, 5.74) is 6.86. The Morgan fingerprint density at radius 3 is 2.23 bits per heavy atom. The van der Waals surface area contributed by atoms with E-state index >= 15 is 0 Å². The molecule has 2 aromatic rings. The lowest BCUT2D eigenvalue weighted by Crippen LogP contribution is -2.32. The Kier molecular flexibility index (Phi) is 8.05. The normalized spacial score (nSPS) is 10.1. The minimum atomic E-state index is -0.673. The molecular formula is C20H22BrN3O6. The fourth-order valence-corrected chi connectivity index (χ4v) is 2.73. The Bertz CT molecular complexity index is 939. The van der Waals surface area contributed by atoms with E-state index in [9.17, 15) is 14.4 Å². The second-order valence-corrected chi connectivity index (χ2v) is 7.01. The Balaban J connectivity index is 2.07. The van der Waals surface area contributed by atoms with Crippen LogP contribution in [0.3, 0.4) is 0 Å². The van der Waals surface area contributed by atoms with Crippen molar-refractivity contribution in [3.8, 4) is 17.2 Å². The van der Waals surface area contributed by atoms with Crippen LogP contribution in [0.15, 0.2) is 34.8 Å². The Labute approximate surface area is 182 Å². The van der Waals surface area contributed by atoms with Crippen LogP contribution in [0.5, 0.6) is 17.2 Å². The average molecular weight is 480 g/mol. The van der Waals surface area contributed by atoms with Gasteiger partial charge >= 0.3 is 0 Å². The van der Waals surface area contributed by atoms with Crippen molar-refractivity contribution >= 4 is 39.3 Å². The number of primary amides is 1. The second-order valence-electron chi connectivity index (χ2n) is 6.16. The van der Waals surface area contributed by atoms with E-state index in [2.05, 4.69) is 26.6 Å². The van der Waals surface area contributed by atoms with Crippen molar-refractivity contribution in [2.45, 2.75) is 6.92 Å². The van der Waals surface area contributed by atoms with Gasteiger partial charge in [-0.3, -0.25) is 14.4 Å². The predicted molar refractivity (Wildman–Crippen MR) is 114 cm³/mol. The van der Waals surface area contributed by atoms with Gasteiger partial charge in [0.1, 0.15) is 0 Å². The van der Waals surface area contributed by atoms with Gasteiger partial charge < -0.3 is 30.6 Å². The van der Waals surface area contributed by atoms with Crippen LogP contribution < -0.4 is 30.6 Å². The van der Waals surface area contributed by atoms with Gasteiger partial charge in [0.2, 0.25) is 11.7 Å².